The van der Waals surface area contributed by atoms with Crippen molar-refractivity contribution in [3.63, 3.8) is 0 Å². The van der Waals surface area contributed by atoms with E-state index in [4.69, 9.17) is 0 Å². The second-order valence-electron chi connectivity index (χ2n) is 6.17. The molecule has 0 saturated carbocycles. The number of hydrogen-bond donors (Lipinski definition) is 1. The lowest BCUT2D eigenvalue weighted by molar-refractivity contribution is 0.601. The molecule has 0 fully saturated rings. The van der Waals surface area contributed by atoms with Gasteiger partial charge < -0.3 is 5.32 Å². The molecule has 0 saturated heterocycles. The van der Waals surface area contributed by atoms with Crippen molar-refractivity contribution in [2.75, 3.05) is 18.1 Å². The fourth-order valence-electron chi connectivity index (χ4n) is 2.76. The zero-order valence-corrected chi connectivity index (χ0v) is 15.7. The van der Waals surface area contributed by atoms with E-state index >= 15 is 0 Å². The summed E-state index contributed by atoms with van der Waals surface area (Å²) >= 11 is 0. The van der Waals surface area contributed by atoms with Crippen LogP contribution in [0.2, 0.25) is 0 Å². The van der Waals surface area contributed by atoms with Gasteiger partial charge in [0.25, 0.3) is 0 Å². The maximum absolute atomic E-state index is 11.8. The van der Waals surface area contributed by atoms with Crippen molar-refractivity contribution in [1.29, 1.82) is 0 Å². The van der Waals surface area contributed by atoms with E-state index < -0.39 is 9.84 Å². The Hall–Kier alpha value is -2.67. The van der Waals surface area contributed by atoms with Crippen LogP contribution in [0.15, 0.2) is 59.8 Å². The lowest BCUT2D eigenvalue weighted by Crippen LogP contribution is -2.09. The van der Waals surface area contributed by atoms with Crippen molar-refractivity contribution >= 4 is 15.7 Å². The van der Waals surface area contributed by atoms with Gasteiger partial charge in [-0.25, -0.2) is 18.1 Å². The van der Waals surface area contributed by atoms with Gasteiger partial charge in [0.15, 0.2) is 9.84 Å². The molecule has 0 bridgehead atoms. The Balaban J connectivity index is 1.61. The monoisotopic (exact) mass is 370 g/mol. The van der Waals surface area contributed by atoms with Crippen molar-refractivity contribution < 1.29 is 8.42 Å². The summed E-state index contributed by atoms with van der Waals surface area (Å²) in [6, 6.07) is 13.2. The Labute approximate surface area is 153 Å². The molecular formula is C19H22N4O2S. The molecule has 0 amide bonds. The molecule has 1 aromatic carbocycles. The van der Waals surface area contributed by atoms with Crippen LogP contribution in [0.4, 0.5) is 5.82 Å². The van der Waals surface area contributed by atoms with Crippen LogP contribution in [0.3, 0.4) is 0 Å². The molecule has 0 atom stereocenters. The zero-order chi connectivity index (χ0) is 18.6. The minimum atomic E-state index is -3.30. The molecule has 1 N–H and O–H groups in total. The summed E-state index contributed by atoms with van der Waals surface area (Å²) < 4.78 is 25.5. The van der Waals surface area contributed by atoms with Crippen LogP contribution >= 0.6 is 0 Å². The Morgan fingerprint density at radius 1 is 1.12 bits per heavy atom. The standard InChI is InChI=1S/C19H22N4O2S/c1-15-16(14-23(22-15)17-9-4-3-5-10-17)8-6-12-20-19-18(26(2,24)25)11-7-13-21-19/h3-5,7,9-11,13-14H,6,8,12H2,1-2H3,(H,20,21). The number of para-hydroxylation sites is 1. The first-order valence-corrected chi connectivity index (χ1v) is 10.3. The number of nitrogens with zero attached hydrogens (tertiary/aromatic N) is 3. The number of benzene rings is 1. The second-order valence-corrected chi connectivity index (χ2v) is 8.16. The van der Waals surface area contributed by atoms with E-state index in [1.54, 1.807) is 18.3 Å². The highest BCUT2D eigenvalue weighted by atomic mass is 32.2. The molecule has 2 heterocycles. The van der Waals surface area contributed by atoms with Gasteiger partial charge in [-0.05, 0) is 49.6 Å². The zero-order valence-electron chi connectivity index (χ0n) is 14.9. The number of aryl methyl sites for hydroxylation is 2. The lowest BCUT2D eigenvalue weighted by atomic mass is 10.1. The molecule has 0 aliphatic carbocycles. The van der Waals surface area contributed by atoms with Crippen LogP contribution < -0.4 is 5.32 Å². The first-order chi connectivity index (χ1) is 12.4. The van der Waals surface area contributed by atoms with Crippen LogP contribution in [-0.4, -0.2) is 36.0 Å². The van der Waals surface area contributed by atoms with Gasteiger partial charge in [-0.15, -0.1) is 0 Å². The molecule has 3 aromatic rings. The fraction of sp³-hybridized carbons (Fsp3) is 0.263. The average Bonchev–Trinajstić information content (AvgIpc) is 3.00. The van der Waals surface area contributed by atoms with E-state index in [0.29, 0.717) is 12.4 Å². The molecule has 3 rings (SSSR count). The van der Waals surface area contributed by atoms with Crippen molar-refractivity contribution in [3.05, 3.63) is 66.1 Å². The van der Waals surface area contributed by atoms with Crippen LogP contribution in [-0.2, 0) is 16.3 Å². The third kappa shape index (κ3) is 4.29. The van der Waals surface area contributed by atoms with Crippen molar-refractivity contribution in [2.24, 2.45) is 0 Å². The molecule has 2 aromatic heterocycles. The predicted octanol–water partition coefficient (Wildman–Crippen LogP) is 3.02. The molecule has 7 heteroatoms. The molecule has 0 spiro atoms. The highest BCUT2D eigenvalue weighted by molar-refractivity contribution is 7.90. The molecule has 0 aliphatic heterocycles. The van der Waals surface area contributed by atoms with Gasteiger partial charge in [-0.1, -0.05) is 18.2 Å². The van der Waals surface area contributed by atoms with Gasteiger partial charge in [0.1, 0.15) is 10.7 Å². The molecule has 6 nitrogen and oxygen atoms in total. The molecule has 0 unspecified atom stereocenters. The summed E-state index contributed by atoms with van der Waals surface area (Å²) in [5.74, 6) is 0.409. The summed E-state index contributed by atoms with van der Waals surface area (Å²) in [6.45, 7) is 2.64. The summed E-state index contributed by atoms with van der Waals surface area (Å²) in [6.07, 6.45) is 6.53. The van der Waals surface area contributed by atoms with Crippen LogP contribution in [0.1, 0.15) is 17.7 Å². The molecule has 0 radical (unpaired) electrons. The van der Waals surface area contributed by atoms with E-state index in [2.05, 4.69) is 15.4 Å². The summed E-state index contributed by atoms with van der Waals surface area (Å²) in [4.78, 5) is 4.37. The smallest absolute Gasteiger partial charge is 0.179 e. The number of nitrogens with one attached hydrogen (secondary N) is 1. The number of rotatable bonds is 7. The highest BCUT2D eigenvalue weighted by Crippen LogP contribution is 2.18. The number of aromatic nitrogens is 3. The fourth-order valence-corrected chi connectivity index (χ4v) is 3.56. The molecular weight excluding hydrogens is 348 g/mol. The quantitative estimate of drug-likeness (QED) is 0.647. The molecule has 136 valence electrons. The Bertz CT molecular complexity index is 982. The van der Waals surface area contributed by atoms with Gasteiger partial charge >= 0.3 is 0 Å². The largest absolute Gasteiger partial charge is 0.369 e. The van der Waals surface area contributed by atoms with E-state index in [1.807, 2.05) is 48.1 Å². The lowest BCUT2D eigenvalue weighted by Gasteiger charge is -2.09. The summed E-state index contributed by atoms with van der Waals surface area (Å²) in [7, 11) is -3.30. The molecule has 26 heavy (non-hydrogen) atoms. The van der Waals surface area contributed by atoms with Gasteiger partial charge in [0.05, 0.1) is 11.4 Å². The van der Waals surface area contributed by atoms with Crippen LogP contribution in [0.25, 0.3) is 5.69 Å². The molecule has 0 aliphatic rings. The maximum atomic E-state index is 11.8. The third-order valence-corrected chi connectivity index (χ3v) is 5.24. The predicted molar refractivity (Wildman–Crippen MR) is 102 cm³/mol. The van der Waals surface area contributed by atoms with Crippen molar-refractivity contribution in [1.82, 2.24) is 14.8 Å². The van der Waals surface area contributed by atoms with E-state index in [0.717, 1.165) is 24.2 Å². The van der Waals surface area contributed by atoms with Gasteiger partial charge in [-0.2, -0.15) is 5.10 Å². The number of pyridine rings is 1. The Morgan fingerprint density at radius 2 is 1.88 bits per heavy atom. The van der Waals surface area contributed by atoms with Crippen LogP contribution in [0, 0.1) is 6.92 Å². The van der Waals surface area contributed by atoms with Crippen molar-refractivity contribution in [3.8, 4) is 5.69 Å². The van der Waals surface area contributed by atoms with E-state index in [9.17, 15) is 8.42 Å². The normalized spacial score (nSPS) is 11.5. The first kappa shape index (κ1) is 18.1. The number of sulfone groups is 1. The van der Waals surface area contributed by atoms with E-state index in [1.165, 1.54) is 11.8 Å². The minimum Gasteiger partial charge on any atom is -0.369 e. The SMILES string of the molecule is Cc1nn(-c2ccccc2)cc1CCCNc1ncccc1S(C)(=O)=O. The summed E-state index contributed by atoms with van der Waals surface area (Å²) in [5, 5.41) is 7.70. The minimum absolute atomic E-state index is 0.230. The summed E-state index contributed by atoms with van der Waals surface area (Å²) in [5.41, 5.74) is 3.22. The maximum Gasteiger partial charge on any atom is 0.179 e. The third-order valence-electron chi connectivity index (χ3n) is 4.11. The number of hydrogen-bond acceptors (Lipinski definition) is 5. The topological polar surface area (TPSA) is 76.9 Å². The van der Waals surface area contributed by atoms with Gasteiger partial charge in [0, 0.05) is 25.2 Å². The first-order valence-electron chi connectivity index (χ1n) is 8.44. The Kier molecular flexibility index (Phi) is 5.37. The van der Waals surface area contributed by atoms with Crippen LogP contribution in [0.5, 0.6) is 0 Å². The van der Waals surface area contributed by atoms with Gasteiger partial charge in [-0.3, -0.25) is 0 Å². The van der Waals surface area contributed by atoms with Gasteiger partial charge in [0.2, 0.25) is 0 Å². The highest BCUT2D eigenvalue weighted by Gasteiger charge is 2.13. The Morgan fingerprint density at radius 3 is 2.62 bits per heavy atom. The number of anilines is 1. The van der Waals surface area contributed by atoms with Crippen molar-refractivity contribution in [2.45, 2.75) is 24.7 Å². The van der Waals surface area contributed by atoms with E-state index in [-0.39, 0.29) is 4.90 Å². The average molecular weight is 370 g/mol. The second kappa shape index (κ2) is 7.70.